The fourth-order valence-corrected chi connectivity index (χ4v) is 2.76. The van der Waals surface area contributed by atoms with Gasteiger partial charge in [0.1, 0.15) is 0 Å². The number of aryl methyl sites for hydroxylation is 2. The highest BCUT2D eigenvalue weighted by Crippen LogP contribution is 2.20. The minimum absolute atomic E-state index is 0.264. The maximum Gasteiger partial charge on any atom is 0.255 e. The molecule has 1 unspecified atom stereocenters. The van der Waals surface area contributed by atoms with Crippen LogP contribution in [0.15, 0.2) is 6.07 Å². The molecule has 1 fully saturated rings. The molecule has 1 atom stereocenters. The van der Waals surface area contributed by atoms with Crippen LogP contribution in [-0.4, -0.2) is 50.7 Å². The van der Waals surface area contributed by atoms with Crippen LogP contribution in [0.2, 0.25) is 0 Å². The zero-order valence-corrected chi connectivity index (χ0v) is 11.7. The van der Waals surface area contributed by atoms with Crippen molar-refractivity contribution < 1.29 is 0 Å². The molecule has 1 aliphatic heterocycles. The molecule has 1 N–H and O–H groups in total. The van der Waals surface area contributed by atoms with Crippen molar-refractivity contribution in [2.45, 2.75) is 26.8 Å². The average Bonchev–Trinajstić information content (AvgIpc) is 2.83. The van der Waals surface area contributed by atoms with Gasteiger partial charge in [-0.2, -0.15) is 0 Å². The summed E-state index contributed by atoms with van der Waals surface area (Å²) in [6.07, 6.45) is 0. The van der Waals surface area contributed by atoms with Gasteiger partial charge in [-0.3, -0.25) is 9.30 Å². The molecule has 0 saturated carbocycles. The molecule has 6 heteroatoms. The van der Waals surface area contributed by atoms with Gasteiger partial charge in [0.15, 0.2) is 5.82 Å². The molecule has 0 bridgehead atoms. The van der Waals surface area contributed by atoms with Gasteiger partial charge in [0, 0.05) is 37.6 Å². The van der Waals surface area contributed by atoms with Crippen LogP contribution >= 0.6 is 0 Å². The molecule has 2 aromatic rings. The van der Waals surface area contributed by atoms with Crippen molar-refractivity contribution in [3.05, 3.63) is 23.3 Å². The monoisotopic (exact) mass is 260 g/mol. The first-order valence-electron chi connectivity index (χ1n) is 6.81. The van der Waals surface area contributed by atoms with Gasteiger partial charge in [0.2, 0.25) is 0 Å². The second-order valence-electron chi connectivity index (χ2n) is 5.19. The SMILES string of the molecule is Cc1cc(C)n2c(C(C)N3CCNCC3)nnc2n1. The van der Waals surface area contributed by atoms with E-state index in [-0.39, 0.29) is 6.04 Å². The van der Waals surface area contributed by atoms with Crippen molar-refractivity contribution in [1.29, 1.82) is 0 Å². The lowest BCUT2D eigenvalue weighted by Crippen LogP contribution is -2.44. The van der Waals surface area contributed by atoms with Crippen LogP contribution in [0.3, 0.4) is 0 Å². The van der Waals surface area contributed by atoms with Crippen molar-refractivity contribution in [1.82, 2.24) is 29.8 Å². The van der Waals surface area contributed by atoms with Gasteiger partial charge < -0.3 is 5.32 Å². The first-order chi connectivity index (χ1) is 9.16. The molecule has 3 heterocycles. The summed E-state index contributed by atoms with van der Waals surface area (Å²) in [5.74, 6) is 1.69. The predicted molar refractivity (Wildman–Crippen MR) is 73.1 cm³/mol. The van der Waals surface area contributed by atoms with Gasteiger partial charge in [-0.25, -0.2) is 4.98 Å². The summed E-state index contributed by atoms with van der Waals surface area (Å²) in [6.45, 7) is 10.4. The minimum Gasteiger partial charge on any atom is -0.314 e. The predicted octanol–water partition coefficient (Wildman–Crippen LogP) is 0.707. The zero-order valence-electron chi connectivity index (χ0n) is 11.7. The van der Waals surface area contributed by atoms with Crippen LogP contribution in [0.25, 0.3) is 5.78 Å². The lowest BCUT2D eigenvalue weighted by Gasteiger charge is -2.31. The molecule has 0 aliphatic carbocycles. The minimum atomic E-state index is 0.264. The second kappa shape index (κ2) is 4.86. The van der Waals surface area contributed by atoms with E-state index in [9.17, 15) is 0 Å². The summed E-state index contributed by atoms with van der Waals surface area (Å²) in [4.78, 5) is 6.88. The number of piperazine rings is 1. The molecule has 1 saturated heterocycles. The fourth-order valence-electron chi connectivity index (χ4n) is 2.76. The van der Waals surface area contributed by atoms with E-state index in [1.54, 1.807) is 0 Å². The third kappa shape index (κ3) is 2.21. The van der Waals surface area contributed by atoms with Gasteiger partial charge in [0.05, 0.1) is 6.04 Å². The largest absolute Gasteiger partial charge is 0.314 e. The van der Waals surface area contributed by atoms with E-state index in [2.05, 4.69) is 49.7 Å². The van der Waals surface area contributed by atoms with Crippen molar-refractivity contribution in [3.8, 4) is 0 Å². The first kappa shape index (κ1) is 12.5. The van der Waals surface area contributed by atoms with Gasteiger partial charge >= 0.3 is 0 Å². The van der Waals surface area contributed by atoms with E-state index in [1.807, 2.05) is 6.92 Å². The second-order valence-corrected chi connectivity index (χ2v) is 5.19. The molecule has 3 rings (SSSR count). The Morgan fingerprint density at radius 2 is 1.95 bits per heavy atom. The van der Waals surface area contributed by atoms with Gasteiger partial charge in [-0.05, 0) is 26.8 Å². The van der Waals surface area contributed by atoms with Gasteiger partial charge in [-0.1, -0.05) is 0 Å². The Kier molecular flexibility index (Phi) is 3.20. The normalized spacial score (nSPS) is 18.9. The highest BCUT2D eigenvalue weighted by Gasteiger charge is 2.23. The topological polar surface area (TPSA) is 58.4 Å². The summed E-state index contributed by atoms with van der Waals surface area (Å²) in [7, 11) is 0. The molecule has 0 spiro atoms. The summed E-state index contributed by atoms with van der Waals surface area (Å²) >= 11 is 0. The van der Waals surface area contributed by atoms with Crippen molar-refractivity contribution in [3.63, 3.8) is 0 Å². The molecule has 1 aliphatic rings. The van der Waals surface area contributed by atoms with Crippen LogP contribution in [-0.2, 0) is 0 Å². The number of nitrogens with zero attached hydrogens (tertiary/aromatic N) is 5. The Hall–Kier alpha value is -1.53. The van der Waals surface area contributed by atoms with Crippen molar-refractivity contribution in [2.75, 3.05) is 26.2 Å². The molecule has 0 radical (unpaired) electrons. The molecule has 0 amide bonds. The summed E-state index contributed by atoms with van der Waals surface area (Å²) in [6, 6.07) is 2.34. The number of nitrogens with one attached hydrogen (secondary N) is 1. The number of fused-ring (bicyclic) bond motifs is 1. The van der Waals surface area contributed by atoms with E-state index in [1.165, 1.54) is 0 Å². The first-order valence-corrected chi connectivity index (χ1v) is 6.81. The summed E-state index contributed by atoms with van der Waals surface area (Å²) < 4.78 is 2.07. The smallest absolute Gasteiger partial charge is 0.255 e. The Labute approximate surface area is 112 Å². The quantitative estimate of drug-likeness (QED) is 0.861. The van der Waals surface area contributed by atoms with Crippen LogP contribution in [0.5, 0.6) is 0 Å². The van der Waals surface area contributed by atoms with E-state index < -0.39 is 0 Å². The van der Waals surface area contributed by atoms with E-state index in [4.69, 9.17) is 0 Å². The van der Waals surface area contributed by atoms with Crippen LogP contribution in [0.4, 0.5) is 0 Å². The van der Waals surface area contributed by atoms with Crippen molar-refractivity contribution >= 4 is 5.78 Å². The Bertz CT molecular complexity index is 584. The van der Waals surface area contributed by atoms with Crippen LogP contribution in [0, 0.1) is 13.8 Å². The van der Waals surface area contributed by atoms with Gasteiger partial charge in [0.25, 0.3) is 5.78 Å². The highest BCUT2D eigenvalue weighted by molar-refractivity contribution is 5.33. The average molecular weight is 260 g/mol. The molecule has 2 aromatic heterocycles. The number of hydrogen-bond acceptors (Lipinski definition) is 5. The Morgan fingerprint density at radius 3 is 2.68 bits per heavy atom. The summed E-state index contributed by atoms with van der Waals surface area (Å²) in [5, 5.41) is 12.0. The summed E-state index contributed by atoms with van der Waals surface area (Å²) in [5.41, 5.74) is 2.13. The number of rotatable bonds is 2. The molecule has 0 aromatic carbocycles. The molecular formula is C13H20N6. The maximum absolute atomic E-state index is 4.44. The number of aromatic nitrogens is 4. The van der Waals surface area contributed by atoms with Crippen LogP contribution in [0.1, 0.15) is 30.2 Å². The number of hydrogen-bond donors (Lipinski definition) is 1. The van der Waals surface area contributed by atoms with Gasteiger partial charge in [-0.15, -0.1) is 10.2 Å². The van der Waals surface area contributed by atoms with E-state index in [0.29, 0.717) is 5.78 Å². The standard InChI is InChI=1S/C13H20N6/c1-9-8-10(2)19-12(16-17-13(19)15-9)11(3)18-6-4-14-5-7-18/h8,11,14H,4-7H2,1-3H3. The molecule has 102 valence electrons. The van der Waals surface area contributed by atoms with E-state index >= 15 is 0 Å². The van der Waals surface area contributed by atoms with E-state index in [0.717, 1.165) is 43.4 Å². The lowest BCUT2D eigenvalue weighted by molar-refractivity contribution is 0.178. The highest BCUT2D eigenvalue weighted by atomic mass is 15.3. The third-order valence-electron chi connectivity index (χ3n) is 3.79. The van der Waals surface area contributed by atoms with Crippen LogP contribution < -0.4 is 5.32 Å². The Balaban J connectivity index is 2.00. The Morgan fingerprint density at radius 1 is 1.21 bits per heavy atom. The van der Waals surface area contributed by atoms with Crippen molar-refractivity contribution in [2.24, 2.45) is 0 Å². The lowest BCUT2D eigenvalue weighted by atomic mass is 10.2. The zero-order chi connectivity index (χ0) is 13.4. The molecule has 19 heavy (non-hydrogen) atoms. The molecular weight excluding hydrogens is 240 g/mol. The third-order valence-corrected chi connectivity index (χ3v) is 3.79. The molecule has 6 nitrogen and oxygen atoms in total. The maximum atomic E-state index is 4.44. The fraction of sp³-hybridized carbons (Fsp3) is 0.615.